The first-order valence-corrected chi connectivity index (χ1v) is 9.54. The van der Waals surface area contributed by atoms with E-state index in [2.05, 4.69) is 50.1 Å². The van der Waals surface area contributed by atoms with E-state index in [-0.39, 0.29) is 24.1 Å². The number of rotatable bonds is 6. The van der Waals surface area contributed by atoms with Gasteiger partial charge in [-0.2, -0.15) is 0 Å². The molecule has 4 nitrogen and oxygen atoms in total. The van der Waals surface area contributed by atoms with Crippen molar-refractivity contribution in [1.82, 2.24) is 10.6 Å². The fraction of sp³-hybridized carbons (Fsp3) is 0.667. The first-order chi connectivity index (χ1) is 11.9. The Morgan fingerprint density at radius 3 is 2.76 bits per heavy atom. The molecule has 0 aromatic rings. The third-order valence-corrected chi connectivity index (χ3v) is 6.37. The van der Waals surface area contributed by atoms with Gasteiger partial charge in [-0.05, 0) is 55.1 Å². The maximum Gasteiger partial charge on any atom is 0.235 e. The average Bonchev–Trinajstić information content (AvgIpc) is 3.31. The lowest BCUT2D eigenvalue weighted by molar-refractivity contribution is -0.118. The van der Waals surface area contributed by atoms with Gasteiger partial charge in [0.2, 0.25) is 5.91 Å². The Labute approximate surface area is 151 Å². The molecule has 0 aromatic carbocycles. The molecule has 0 bridgehead atoms. The van der Waals surface area contributed by atoms with Crippen molar-refractivity contribution in [3.8, 4) is 0 Å². The van der Waals surface area contributed by atoms with Crippen LogP contribution in [0.1, 0.15) is 40.0 Å². The summed E-state index contributed by atoms with van der Waals surface area (Å²) in [5.41, 5.74) is 4.08. The van der Waals surface area contributed by atoms with Gasteiger partial charge in [-0.3, -0.25) is 10.1 Å². The third-order valence-electron chi connectivity index (χ3n) is 6.37. The van der Waals surface area contributed by atoms with E-state index in [1.54, 1.807) is 7.11 Å². The van der Waals surface area contributed by atoms with Gasteiger partial charge in [-0.15, -0.1) is 0 Å². The van der Waals surface area contributed by atoms with E-state index in [0.717, 1.165) is 12.8 Å². The van der Waals surface area contributed by atoms with Crippen LogP contribution in [0.4, 0.5) is 0 Å². The van der Waals surface area contributed by atoms with Crippen LogP contribution in [-0.2, 0) is 9.53 Å². The molecule has 1 saturated carbocycles. The fourth-order valence-electron chi connectivity index (χ4n) is 4.44. The predicted molar refractivity (Wildman–Crippen MR) is 101 cm³/mol. The zero-order valence-electron chi connectivity index (χ0n) is 16.0. The van der Waals surface area contributed by atoms with Crippen LogP contribution in [0.3, 0.4) is 0 Å². The normalized spacial score (nSPS) is 34.5. The molecular weight excluding hydrogens is 312 g/mol. The molecule has 6 unspecified atom stereocenters. The molecule has 0 spiro atoms. The molecule has 1 saturated heterocycles. The number of hydrogen-bond donors (Lipinski definition) is 2. The fourth-order valence-corrected chi connectivity index (χ4v) is 4.44. The summed E-state index contributed by atoms with van der Waals surface area (Å²) in [6.07, 6.45) is 8.46. The number of amides is 1. The third kappa shape index (κ3) is 3.90. The molecule has 25 heavy (non-hydrogen) atoms. The first-order valence-electron chi connectivity index (χ1n) is 9.54. The van der Waals surface area contributed by atoms with E-state index in [9.17, 15) is 4.79 Å². The zero-order chi connectivity index (χ0) is 18.1. The zero-order valence-corrected chi connectivity index (χ0v) is 16.0. The van der Waals surface area contributed by atoms with E-state index in [4.69, 9.17) is 4.74 Å². The molecular formula is C21H32N2O2. The van der Waals surface area contributed by atoms with Crippen LogP contribution < -0.4 is 10.6 Å². The van der Waals surface area contributed by atoms with Crippen LogP contribution in [0.15, 0.2) is 35.5 Å². The minimum Gasteiger partial charge on any atom is -0.377 e. The minimum absolute atomic E-state index is 0.0290. The second-order valence-corrected chi connectivity index (χ2v) is 7.98. The maximum absolute atomic E-state index is 11.4. The van der Waals surface area contributed by atoms with Crippen LogP contribution in [0.2, 0.25) is 0 Å². The molecule has 6 atom stereocenters. The largest absolute Gasteiger partial charge is 0.377 e. The van der Waals surface area contributed by atoms with Gasteiger partial charge in [0.25, 0.3) is 0 Å². The molecule has 2 aliphatic carbocycles. The van der Waals surface area contributed by atoms with Gasteiger partial charge in [0.05, 0.1) is 18.8 Å². The van der Waals surface area contributed by atoms with Crippen molar-refractivity contribution in [3.05, 3.63) is 35.5 Å². The molecule has 3 rings (SSSR count). The van der Waals surface area contributed by atoms with Gasteiger partial charge in [-0.25, -0.2) is 0 Å². The van der Waals surface area contributed by atoms with Gasteiger partial charge in [0.15, 0.2) is 0 Å². The van der Waals surface area contributed by atoms with Crippen LogP contribution in [0, 0.1) is 23.7 Å². The molecule has 1 aliphatic heterocycles. The highest BCUT2D eigenvalue weighted by Crippen LogP contribution is 2.52. The number of nitrogens with one attached hydrogen (secondary N) is 2. The molecule has 1 heterocycles. The SMILES string of the molecule is C=C(C(C)C1NCC(=O)N1)C(C)C1CC1C1=CCCC(OC)C(C)=C1. The Morgan fingerprint density at radius 2 is 2.12 bits per heavy atom. The molecule has 138 valence electrons. The van der Waals surface area contributed by atoms with Crippen molar-refractivity contribution < 1.29 is 9.53 Å². The van der Waals surface area contributed by atoms with E-state index >= 15 is 0 Å². The monoisotopic (exact) mass is 344 g/mol. The quantitative estimate of drug-likeness (QED) is 0.728. The highest BCUT2D eigenvalue weighted by molar-refractivity contribution is 5.80. The molecule has 1 amide bonds. The standard InChI is InChI=1S/C21H32N2O2/c1-12-9-16(7-6-8-19(12)25-5)18-10-17(18)14(3)13(2)15(4)21-22-11-20(24)23-21/h7,9,14-15,17-19,21-22H,2,6,8,10-11H2,1,3-5H3,(H,23,24). The molecule has 0 radical (unpaired) electrons. The van der Waals surface area contributed by atoms with E-state index < -0.39 is 0 Å². The molecule has 2 fully saturated rings. The van der Waals surface area contributed by atoms with Crippen molar-refractivity contribution in [2.24, 2.45) is 23.7 Å². The Hall–Kier alpha value is -1.39. The summed E-state index contributed by atoms with van der Waals surface area (Å²) in [5, 5.41) is 6.25. The second kappa shape index (κ2) is 7.46. The van der Waals surface area contributed by atoms with Crippen molar-refractivity contribution in [2.75, 3.05) is 13.7 Å². The number of carbonyl (C=O) groups is 1. The molecule has 0 aromatic heterocycles. The minimum atomic E-state index is 0.0290. The summed E-state index contributed by atoms with van der Waals surface area (Å²) in [5.74, 6) is 2.12. The Kier molecular flexibility index (Phi) is 5.49. The van der Waals surface area contributed by atoms with Crippen molar-refractivity contribution in [1.29, 1.82) is 0 Å². The highest BCUT2D eigenvalue weighted by atomic mass is 16.5. The Morgan fingerprint density at radius 1 is 1.36 bits per heavy atom. The van der Waals surface area contributed by atoms with Crippen molar-refractivity contribution in [3.63, 3.8) is 0 Å². The number of hydrogen-bond acceptors (Lipinski definition) is 3. The van der Waals surface area contributed by atoms with Gasteiger partial charge in [-0.1, -0.05) is 38.2 Å². The summed E-state index contributed by atoms with van der Waals surface area (Å²) < 4.78 is 5.58. The van der Waals surface area contributed by atoms with Gasteiger partial charge in [0, 0.05) is 13.0 Å². The predicted octanol–water partition coefficient (Wildman–Crippen LogP) is 3.18. The average molecular weight is 344 g/mol. The highest BCUT2D eigenvalue weighted by Gasteiger charge is 2.45. The van der Waals surface area contributed by atoms with Crippen molar-refractivity contribution in [2.45, 2.75) is 52.3 Å². The lowest BCUT2D eigenvalue weighted by Crippen LogP contribution is -2.40. The lowest BCUT2D eigenvalue weighted by Gasteiger charge is -2.26. The topological polar surface area (TPSA) is 50.4 Å². The summed E-state index contributed by atoms with van der Waals surface area (Å²) in [7, 11) is 1.80. The second-order valence-electron chi connectivity index (χ2n) is 7.98. The smallest absolute Gasteiger partial charge is 0.235 e. The van der Waals surface area contributed by atoms with E-state index in [1.807, 2.05) is 0 Å². The molecule has 4 heteroatoms. The van der Waals surface area contributed by atoms with Crippen LogP contribution in [0.25, 0.3) is 0 Å². The first kappa shape index (κ1) is 18.4. The van der Waals surface area contributed by atoms with Crippen LogP contribution in [-0.4, -0.2) is 31.8 Å². The molecule has 2 N–H and O–H groups in total. The molecule has 3 aliphatic rings. The summed E-state index contributed by atoms with van der Waals surface area (Å²) in [6, 6.07) is 0. The summed E-state index contributed by atoms with van der Waals surface area (Å²) >= 11 is 0. The Balaban J connectivity index is 1.60. The number of allylic oxidation sites excluding steroid dienone is 3. The Bertz CT molecular complexity index is 607. The van der Waals surface area contributed by atoms with Gasteiger partial charge in [0.1, 0.15) is 0 Å². The van der Waals surface area contributed by atoms with Crippen molar-refractivity contribution >= 4 is 5.91 Å². The van der Waals surface area contributed by atoms with Gasteiger partial charge < -0.3 is 10.1 Å². The van der Waals surface area contributed by atoms with Gasteiger partial charge >= 0.3 is 0 Å². The number of ether oxygens (including phenoxy) is 1. The van der Waals surface area contributed by atoms with E-state index in [1.165, 1.54) is 23.1 Å². The number of carbonyl (C=O) groups excluding carboxylic acids is 1. The summed E-state index contributed by atoms with van der Waals surface area (Å²) in [4.78, 5) is 11.4. The lowest BCUT2D eigenvalue weighted by atomic mass is 9.85. The van der Waals surface area contributed by atoms with E-state index in [0.29, 0.717) is 24.3 Å². The van der Waals surface area contributed by atoms with Crippen LogP contribution >= 0.6 is 0 Å². The summed E-state index contributed by atoms with van der Waals surface area (Å²) in [6.45, 7) is 11.4. The maximum atomic E-state index is 11.4. The van der Waals surface area contributed by atoms with Crippen LogP contribution in [0.5, 0.6) is 0 Å². The number of methoxy groups -OCH3 is 1.